The third-order valence-corrected chi connectivity index (χ3v) is 4.47. The third kappa shape index (κ3) is 3.85. The standard InChI is InChI=1S/C18H23NO2/c1-12(2)16-9-4-13(3)10-17(16)21-18(20)15-7-5-14(11-19)6-8-15/h5-8,12-13,16-17H,4,9-10H2,1-3H3/t13-,16+,17-/m0/s1. The van der Waals surface area contributed by atoms with Gasteiger partial charge in [-0.2, -0.15) is 5.26 Å². The van der Waals surface area contributed by atoms with Gasteiger partial charge in [0.05, 0.1) is 17.2 Å². The van der Waals surface area contributed by atoms with Crippen molar-refractivity contribution < 1.29 is 9.53 Å². The second-order valence-electron chi connectivity index (χ2n) is 6.46. The van der Waals surface area contributed by atoms with E-state index in [9.17, 15) is 4.79 Å². The smallest absolute Gasteiger partial charge is 0.338 e. The minimum absolute atomic E-state index is 0.0110. The van der Waals surface area contributed by atoms with E-state index in [1.165, 1.54) is 6.42 Å². The van der Waals surface area contributed by atoms with Crippen molar-refractivity contribution in [3.05, 3.63) is 35.4 Å². The molecule has 0 aliphatic heterocycles. The molecule has 1 aliphatic carbocycles. The van der Waals surface area contributed by atoms with Gasteiger partial charge in [-0.25, -0.2) is 4.79 Å². The van der Waals surface area contributed by atoms with Gasteiger partial charge in [0.15, 0.2) is 0 Å². The highest BCUT2D eigenvalue weighted by Crippen LogP contribution is 2.35. The van der Waals surface area contributed by atoms with Crippen LogP contribution >= 0.6 is 0 Å². The molecule has 2 rings (SSSR count). The first kappa shape index (κ1) is 15.6. The first-order chi connectivity index (χ1) is 10.0. The lowest BCUT2D eigenvalue weighted by Gasteiger charge is -2.36. The second kappa shape index (κ2) is 6.76. The van der Waals surface area contributed by atoms with Crippen LogP contribution in [0.1, 0.15) is 56.0 Å². The van der Waals surface area contributed by atoms with Gasteiger partial charge in [0.25, 0.3) is 0 Å². The van der Waals surface area contributed by atoms with E-state index in [4.69, 9.17) is 10.00 Å². The molecule has 0 amide bonds. The van der Waals surface area contributed by atoms with Crippen LogP contribution in [0.4, 0.5) is 0 Å². The number of nitrogens with zero attached hydrogens (tertiary/aromatic N) is 1. The Balaban J connectivity index is 2.07. The summed E-state index contributed by atoms with van der Waals surface area (Å²) in [4.78, 5) is 12.3. The summed E-state index contributed by atoms with van der Waals surface area (Å²) in [7, 11) is 0. The number of rotatable bonds is 3. The van der Waals surface area contributed by atoms with E-state index < -0.39 is 0 Å². The quantitative estimate of drug-likeness (QED) is 0.783. The first-order valence-electron chi connectivity index (χ1n) is 7.72. The van der Waals surface area contributed by atoms with Gasteiger partial charge in [0.1, 0.15) is 6.10 Å². The number of carbonyl (C=O) groups is 1. The third-order valence-electron chi connectivity index (χ3n) is 4.47. The van der Waals surface area contributed by atoms with Crippen molar-refractivity contribution in [2.24, 2.45) is 17.8 Å². The monoisotopic (exact) mass is 285 g/mol. The molecule has 0 N–H and O–H groups in total. The molecule has 3 heteroatoms. The maximum atomic E-state index is 12.3. The summed E-state index contributed by atoms with van der Waals surface area (Å²) >= 11 is 0. The lowest BCUT2D eigenvalue weighted by Crippen LogP contribution is -2.35. The van der Waals surface area contributed by atoms with Crippen LogP contribution in [0.15, 0.2) is 24.3 Å². The van der Waals surface area contributed by atoms with E-state index in [1.54, 1.807) is 24.3 Å². The zero-order chi connectivity index (χ0) is 15.4. The van der Waals surface area contributed by atoms with Gasteiger partial charge < -0.3 is 4.74 Å². The highest BCUT2D eigenvalue weighted by atomic mass is 16.5. The highest BCUT2D eigenvalue weighted by Gasteiger charge is 2.33. The Morgan fingerprint density at radius 3 is 2.52 bits per heavy atom. The van der Waals surface area contributed by atoms with Gasteiger partial charge in [-0.1, -0.05) is 27.2 Å². The van der Waals surface area contributed by atoms with Crippen molar-refractivity contribution in [3.8, 4) is 6.07 Å². The largest absolute Gasteiger partial charge is 0.458 e. The average molecular weight is 285 g/mol. The predicted molar refractivity (Wildman–Crippen MR) is 81.7 cm³/mol. The summed E-state index contributed by atoms with van der Waals surface area (Å²) in [6.07, 6.45) is 3.31. The molecule has 0 bridgehead atoms. The number of ether oxygens (including phenoxy) is 1. The number of nitriles is 1. The Bertz CT molecular complexity index is 527. The molecule has 0 unspecified atom stereocenters. The molecule has 1 aliphatic rings. The van der Waals surface area contributed by atoms with Gasteiger partial charge in [0.2, 0.25) is 0 Å². The predicted octanol–water partition coefficient (Wildman–Crippen LogP) is 4.18. The summed E-state index contributed by atoms with van der Waals surface area (Å²) in [5, 5.41) is 8.79. The van der Waals surface area contributed by atoms with Gasteiger partial charge in [-0.15, -0.1) is 0 Å². The number of benzene rings is 1. The molecule has 1 saturated carbocycles. The van der Waals surface area contributed by atoms with Crippen LogP contribution in [0.3, 0.4) is 0 Å². The van der Waals surface area contributed by atoms with Crippen LogP contribution in [0, 0.1) is 29.1 Å². The van der Waals surface area contributed by atoms with Crippen LogP contribution in [0.25, 0.3) is 0 Å². The van der Waals surface area contributed by atoms with E-state index in [0.717, 1.165) is 12.8 Å². The topological polar surface area (TPSA) is 50.1 Å². The summed E-state index contributed by atoms with van der Waals surface area (Å²) in [5.41, 5.74) is 1.08. The Hall–Kier alpha value is -1.82. The minimum Gasteiger partial charge on any atom is -0.458 e. The molecule has 3 nitrogen and oxygen atoms in total. The van der Waals surface area contributed by atoms with Crippen molar-refractivity contribution in [1.82, 2.24) is 0 Å². The highest BCUT2D eigenvalue weighted by molar-refractivity contribution is 5.89. The normalized spacial score (nSPS) is 25.4. The van der Waals surface area contributed by atoms with Gasteiger partial charge in [0, 0.05) is 0 Å². The number of hydrogen-bond acceptors (Lipinski definition) is 3. The van der Waals surface area contributed by atoms with Crippen LogP contribution in [-0.2, 0) is 4.74 Å². The molecule has 1 fully saturated rings. The van der Waals surface area contributed by atoms with E-state index in [1.807, 2.05) is 0 Å². The van der Waals surface area contributed by atoms with E-state index >= 15 is 0 Å². The van der Waals surface area contributed by atoms with Gasteiger partial charge in [-0.05, 0) is 54.9 Å². The summed E-state index contributed by atoms with van der Waals surface area (Å²) in [6, 6.07) is 8.68. The zero-order valence-corrected chi connectivity index (χ0v) is 13.0. The number of esters is 1. The minimum atomic E-state index is -0.274. The lowest BCUT2D eigenvalue weighted by atomic mass is 9.75. The zero-order valence-electron chi connectivity index (χ0n) is 13.0. The van der Waals surface area contributed by atoms with Crippen molar-refractivity contribution in [2.75, 3.05) is 0 Å². The van der Waals surface area contributed by atoms with E-state index in [2.05, 4.69) is 26.8 Å². The second-order valence-corrected chi connectivity index (χ2v) is 6.46. The molecule has 21 heavy (non-hydrogen) atoms. The Morgan fingerprint density at radius 1 is 1.29 bits per heavy atom. The van der Waals surface area contributed by atoms with E-state index in [-0.39, 0.29) is 12.1 Å². The van der Waals surface area contributed by atoms with Crippen LogP contribution in [0.2, 0.25) is 0 Å². The molecular formula is C18H23NO2. The Kier molecular flexibility index (Phi) is 5.01. The summed E-state index contributed by atoms with van der Waals surface area (Å²) in [5.74, 6) is 1.31. The van der Waals surface area contributed by atoms with Crippen LogP contribution in [0.5, 0.6) is 0 Å². The maximum absolute atomic E-state index is 12.3. The van der Waals surface area contributed by atoms with Crippen molar-refractivity contribution in [3.63, 3.8) is 0 Å². The average Bonchev–Trinajstić information content (AvgIpc) is 2.47. The lowest BCUT2D eigenvalue weighted by molar-refractivity contribution is -0.0174. The fourth-order valence-electron chi connectivity index (χ4n) is 3.14. The van der Waals surface area contributed by atoms with Crippen molar-refractivity contribution in [2.45, 2.75) is 46.1 Å². The van der Waals surface area contributed by atoms with E-state index in [0.29, 0.717) is 28.9 Å². The summed E-state index contributed by atoms with van der Waals surface area (Å²) < 4.78 is 5.77. The molecular weight excluding hydrogens is 262 g/mol. The first-order valence-corrected chi connectivity index (χ1v) is 7.72. The number of hydrogen-bond donors (Lipinski definition) is 0. The SMILES string of the molecule is CC(C)[C@H]1CC[C@H](C)C[C@@H]1OC(=O)c1ccc(C#N)cc1. The molecule has 1 aromatic carbocycles. The van der Waals surface area contributed by atoms with Crippen LogP contribution < -0.4 is 0 Å². The van der Waals surface area contributed by atoms with Crippen molar-refractivity contribution >= 4 is 5.97 Å². The fraction of sp³-hybridized carbons (Fsp3) is 0.556. The van der Waals surface area contributed by atoms with Gasteiger partial charge in [-0.3, -0.25) is 0 Å². The maximum Gasteiger partial charge on any atom is 0.338 e. The van der Waals surface area contributed by atoms with Gasteiger partial charge >= 0.3 is 5.97 Å². The number of carbonyl (C=O) groups excluding carboxylic acids is 1. The van der Waals surface area contributed by atoms with Crippen LogP contribution in [-0.4, -0.2) is 12.1 Å². The Labute approximate surface area is 126 Å². The molecule has 0 spiro atoms. The fourth-order valence-corrected chi connectivity index (χ4v) is 3.14. The summed E-state index contributed by atoms with van der Waals surface area (Å²) in [6.45, 7) is 6.62. The molecule has 0 heterocycles. The van der Waals surface area contributed by atoms with Crippen molar-refractivity contribution in [1.29, 1.82) is 5.26 Å². The molecule has 1 aromatic rings. The molecule has 3 atom stereocenters. The molecule has 112 valence electrons. The molecule has 0 radical (unpaired) electrons. The molecule has 0 aromatic heterocycles. The Morgan fingerprint density at radius 2 is 1.95 bits per heavy atom. The molecule has 0 saturated heterocycles.